The minimum Gasteiger partial charge on any atom is -0.309 e. The fraction of sp³-hybridized carbons (Fsp3) is 0. The average Bonchev–Trinajstić information content (AvgIpc) is 3.89. The maximum Gasteiger partial charge on any atom is 0.0562 e. The number of thiophene rings is 1. The minimum absolute atomic E-state index is 1.11. The molecule has 286 valence electrons. The maximum absolute atomic E-state index is 2.54. The van der Waals surface area contributed by atoms with Crippen molar-refractivity contribution in [3.05, 3.63) is 231 Å². The van der Waals surface area contributed by atoms with Crippen molar-refractivity contribution in [3.63, 3.8) is 0 Å². The van der Waals surface area contributed by atoms with Crippen LogP contribution in [-0.2, 0) is 0 Å². The van der Waals surface area contributed by atoms with Crippen molar-refractivity contribution in [3.8, 4) is 39.1 Å². The SMILES string of the molecule is c1ccc(-c2cc(-c3ccc4ccccc4c3)ccc2N(c2ccccc2-c2cccc3c2sc2ccccc23)c2cccc3c2c2ccccc2n3-c2ccccc2)cc1. The Labute approximate surface area is 358 Å². The largest absolute Gasteiger partial charge is 0.309 e. The Morgan fingerprint density at radius 2 is 0.951 bits per heavy atom. The smallest absolute Gasteiger partial charge is 0.0562 e. The number of benzene rings is 10. The zero-order valence-electron chi connectivity index (χ0n) is 33.2. The molecule has 61 heavy (non-hydrogen) atoms. The van der Waals surface area contributed by atoms with Crippen molar-refractivity contribution in [1.29, 1.82) is 0 Å². The highest BCUT2D eigenvalue weighted by atomic mass is 32.1. The molecule has 0 N–H and O–H groups in total. The van der Waals surface area contributed by atoms with E-state index in [0.717, 1.165) is 39.4 Å². The summed E-state index contributed by atoms with van der Waals surface area (Å²) >= 11 is 1.88. The monoisotopic (exact) mass is 794 g/mol. The van der Waals surface area contributed by atoms with Crippen LogP contribution in [0.2, 0.25) is 0 Å². The molecule has 0 unspecified atom stereocenters. The van der Waals surface area contributed by atoms with Crippen molar-refractivity contribution >= 4 is 81.1 Å². The summed E-state index contributed by atoms with van der Waals surface area (Å²) in [5.74, 6) is 0. The average molecular weight is 795 g/mol. The normalized spacial score (nSPS) is 11.6. The number of fused-ring (bicyclic) bond motifs is 7. The third-order valence-electron chi connectivity index (χ3n) is 12.2. The van der Waals surface area contributed by atoms with Gasteiger partial charge in [0.1, 0.15) is 0 Å². The molecule has 2 aromatic heterocycles. The van der Waals surface area contributed by atoms with Gasteiger partial charge in [-0.3, -0.25) is 0 Å². The van der Waals surface area contributed by atoms with Crippen molar-refractivity contribution < 1.29 is 0 Å². The number of hydrogen-bond acceptors (Lipinski definition) is 2. The summed E-state index contributed by atoms with van der Waals surface area (Å²) in [5, 5.41) is 7.47. The van der Waals surface area contributed by atoms with Crippen molar-refractivity contribution in [2.24, 2.45) is 0 Å². The van der Waals surface area contributed by atoms with Crippen LogP contribution in [0.4, 0.5) is 17.1 Å². The van der Waals surface area contributed by atoms with E-state index in [1.807, 2.05) is 11.3 Å². The lowest BCUT2D eigenvalue weighted by atomic mass is 9.94. The van der Waals surface area contributed by atoms with Gasteiger partial charge in [0, 0.05) is 53.3 Å². The first-order valence-corrected chi connectivity index (χ1v) is 21.7. The lowest BCUT2D eigenvalue weighted by Gasteiger charge is -2.31. The van der Waals surface area contributed by atoms with Gasteiger partial charge < -0.3 is 9.47 Å². The number of hydrogen-bond donors (Lipinski definition) is 0. The van der Waals surface area contributed by atoms with Crippen LogP contribution in [0.15, 0.2) is 231 Å². The predicted molar refractivity (Wildman–Crippen MR) is 262 cm³/mol. The molecule has 3 heteroatoms. The lowest BCUT2D eigenvalue weighted by Crippen LogP contribution is -2.13. The molecule has 12 aromatic rings. The summed E-state index contributed by atoms with van der Waals surface area (Å²) in [6, 6.07) is 84.3. The van der Waals surface area contributed by atoms with Crippen LogP contribution >= 0.6 is 11.3 Å². The van der Waals surface area contributed by atoms with Gasteiger partial charge in [0.25, 0.3) is 0 Å². The second kappa shape index (κ2) is 14.5. The maximum atomic E-state index is 2.54. The molecule has 0 atom stereocenters. The quantitative estimate of drug-likeness (QED) is 0.156. The van der Waals surface area contributed by atoms with Crippen molar-refractivity contribution in [1.82, 2.24) is 4.57 Å². The Morgan fingerprint density at radius 1 is 0.344 bits per heavy atom. The molecule has 0 fully saturated rings. The summed E-state index contributed by atoms with van der Waals surface area (Å²) < 4.78 is 5.01. The molecule has 0 radical (unpaired) electrons. The molecule has 0 saturated heterocycles. The second-order valence-electron chi connectivity index (χ2n) is 15.7. The van der Waals surface area contributed by atoms with E-state index in [9.17, 15) is 0 Å². The standard InChI is InChI=1S/C58H38N2S/c1-3-18-40(19-4-1)50-38-43(42-34-33-39-17-7-8-20-41(39)37-42)35-36-53(50)60(51-28-12-9-23-45(51)47-26-15-27-48-46-24-11-14-32-56(46)61-58(47)48)55-31-16-30-54-57(55)49-25-10-13-29-52(49)59(54)44-21-5-2-6-22-44/h1-38H. The fourth-order valence-corrected chi connectivity index (χ4v) is 10.6. The van der Waals surface area contributed by atoms with Crippen LogP contribution in [0.3, 0.4) is 0 Å². The van der Waals surface area contributed by atoms with Crippen molar-refractivity contribution in [2.75, 3.05) is 4.90 Å². The third kappa shape index (κ3) is 5.85. The highest BCUT2D eigenvalue weighted by molar-refractivity contribution is 7.26. The Hall–Kier alpha value is -7.72. The predicted octanol–water partition coefficient (Wildman–Crippen LogP) is 16.8. The van der Waals surface area contributed by atoms with E-state index < -0.39 is 0 Å². The van der Waals surface area contributed by atoms with E-state index in [1.54, 1.807) is 0 Å². The van der Waals surface area contributed by atoms with Gasteiger partial charge in [0.2, 0.25) is 0 Å². The van der Waals surface area contributed by atoms with Crippen LogP contribution in [0, 0.1) is 0 Å². The molecule has 0 bridgehead atoms. The second-order valence-corrected chi connectivity index (χ2v) is 16.7. The van der Waals surface area contributed by atoms with E-state index in [1.165, 1.54) is 69.5 Å². The van der Waals surface area contributed by atoms with Crippen molar-refractivity contribution in [2.45, 2.75) is 0 Å². The molecule has 2 heterocycles. The van der Waals surface area contributed by atoms with Gasteiger partial charge in [0.15, 0.2) is 0 Å². The molecule has 12 rings (SSSR count). The molecule has 0 aliphatic rings. The molecular weight excluding hydrogens is 757 g/mol. The van der Waals surface area contributed by atoms with Gasteiger partial charge in [-0.1, -0.05) is 170 Å². The molecule has 0 saturated carbocycles. The molecular formula is C58H38N2S. The van der Waals surface area contributed by atoms with Gasteiger partial charge in [-0.25, -0.2) is 0 Å². The number of aromatic nitrogens is 1. The molecule has 2 nitrogen and oxygen atoms in total. The first-order chi connectivity index (χ1) is 30.3. The molecule has 0 amide bonds. The van der Waals surface area contributed by atoms with E-state index >= 15 is 0 Å². The zero-order chi connectivity index (χ0) is 40.3. The molecule has 0 spiro atoms. The van der Waals surface area contributed by atoms with Gasteiger partial charge in [0.05, 0.1) is 28.1 Å². The highest BCUT2D eigenvalue weighted by Gasteiger charge is 2.26. The summed E-state index contributed by atoms with van der Waals surface area (Å²) in [6.45, 7) is 0. The summed E-state index contributed by atoms with van der Waals surface area (Å²) in [4.78, 5) is 2.54. The minimum atomic E-state index is 1.11. The van der Waals surface area contributed by atoms with E-state index in [0.29, 0.717) is 0 Å². The van der Waals surface area contributed by atoms with Crippen LogP contribution in [0.5, 0.6) is 0 Å². The summed E-state index contributed by atoms with van der Waals surface area (Å²) in [7, 11) is 0. The van der Waals surface area contributed by atoms with E-state index in [2.05, 4.69) is 240 Å². The third-order valence-corrected chi connectivity index (χ3v) is 13.4. The number of rotatable bonds is 7. The van der Waals surface area contributed by atoms with E-state index in [-0.39, 0.29) is 0 Å². The number of para-hydroxylation sites is 3. The first kappa shape index (κ1) is 35.2. The lowest BCUT2D eigenvalue weighted by molar-refractivity contribution is 1.18. The van der Waals surface area contributed by atoms with E-state index in [4.69, 9.17) is 0 Å². The molecule has 10 aromatic carbocycles. The van der Waals surface area contributed by atoms with Crippen LogP contribution in [0.25, 0.3) is 91.8 Å². The zero-order valence-corrected chi connectivity index (χ0v) is 34.1. The highest BCUT2D eigenvalue weighted by Crippen LogP contribution is 2.51. The number of anilines is 3. The van der Waals surface area contributed by atoms with Crippen LogP contribution in [0.1, 0.15) is 0 Å². The Bertz CT molecular complexity index is 3600. The van der Waals surface area contributed by atoms with Gasteiger partial charge >= 0.3 is 0 Å². The topological polar surface area (TPSA) is 8.17 Å². The Balaban J connectivity index is 1.18. The summed E-state index contributed by atoms with van der Waals surface area (Å²) in [5.41, 5.74) is 13.9. The van der Waals surface area contributed by atoms with Crippen LogP contribution in [-0.4, -0.2) is 4.57 Å². The summed E-state index contributed by atoms with van der Waals surface area (Å²) in [6.07, 6.45) is 0. The van der Waals surface area contributed by atoms with Gasteiger partial charge in [-0.05, 0) is 88.1 Å². The molecule has 0 aliphatic heterocycles. The Kier molecular flexibility index (Phi) is 8.39. The fourth-order valence-electron chi connectivity index (χ4n) is 9.42. The Morgan fingerprint density at radius 3 is 1.84 bits per heavy atom. The van der Waals surface area contributed by atoms with Gasteiger partial charge in [-0.2, -0.15) is 0 Å². The first-order valence-electron chi connectivity index (χ1n) is 20.8. The number of nitrogens with zero attached hydrogens (tertiary/aromatic N) is 2. The van der Waals surface area contributed by atoms with Crippen LogP contribution < -0.4 is 4.90 Å². The van der Waals surface area contributed by atoms with Gasteiger partial charge in [-0.15, -0.1) is 11.3 Å². The molecule has 0 aliphatic carbocycles.